The molecule has 1 saturated carbocycles. The van der Waals surface area contributed by atoms with Gasteiger partial charge in [0.15, 0.2) is 0 Å². The fourth-order valence-corrected chi connectivity index (χ4v) is 4.50. The second-order valence-electron chi connectivity index (χ2n) is 11.8. The number of amides is 4. The van der Waals surface area contributed by atoms with Gasteiger partial charge in [0.2, 0.25) is 17.7 Å². The molecule has 1 aliphatic carbocycles. The highest BCUT2D eigenvalue weighted by Gasteiger charge is 2.58. The van der Waals surface area contributed by atoms with Crippen LogP contribution in [-0.4, -0.2) is 72.7 Å². The van der Waals surface area contributed by atoms with Gasteiger partial charge in [-0.15, -0.1) is 0 Å². The first-order valence-electron chi connectivity index (χ1n) is 12.3. The summed E-state index contributed by atoms with van der Waals surface area (Å²) in [5, 5.41) is 9.33. The van der Waals surface area contributed by atoms with Gasteiger partial charge >= 0.3 is 12.1 Å². The van der Waals surface area contributed by atoms with E-state index < -0.39 is 83.6 Å². The zero-order chi connectivity index (χ0) is 29.3. The molecule has 5 atom stereocenters. The summed E-state index contributed by atoms with van der Waals surface area (Å²) in [6.45, 7) is 7.90. The fourth-order valence-electron chi connectivity index (χ4n) is 4.50. The van der Waals surface area contributed by atoms with Gasteiger partial charge in [-0.2, -0.15) is 13.2 Å². The molecule has 0 bridgehead atoms. The second kappa shape index (κ2) is 11.1. The normalized spacial score (nSPS) is 24.8. The number of rotatable bonds is 10. The smallest absolute Gasteiger partial charge is 0.351 e. The number of nitrogens with zero attached hydrogens (tertiary/aromatic N) is 1. The van der Waals surface area contributed by atoms with Crippen molar-refractivity contribution in [2.45, 2.75) is 96.1 Å². The van der Waals surface area contributed by atoms with Crippen molar-refractivity contribution in [3.05, 3.63) is 0 Å². The van der Waals surface area contributed by atoms with Crippen molar-refractivity contribution in [2.24, 2.45) is 22.2 Å². The van der Waals surface area contributed by atoms with E-state index in [0.717, 1.165) is 0 Å². The summed E-state index contributed by atoms with van der Waals surface area (Å²) in [5.41, 5.74) is -1.66. The van der Waals surface area contributed by atoms with E-state index in [0.29, 0.717) is 6.42 Å². The molecular formula is C24H36F5N5O4. The van der Waals surface area contributed by atoms with Crippen molar-refractivity contribution in [3.8, 4) is 0 Å². The van der Waals surface area contributed by atoms with Crippen molar-refractivity contribution < 1.29 is 41.1 Å². The predicted molar refractivity (Wildman–Crippen MR) is 128 cm³/mol. The number of nitrogens with one attached hydrogen (secondary N) is 4. The molecule has 0 spiro atoms. The third kappa shape index (κ3) is 8.62. The molecule has 2 aliphatic rings. The van der Waals surface area contributed by atoms with Crippen LogP contribution < -0.4 is 21.3 Å². The number of carbonyl (C=O) groups is 4. The van der Waals surface area contributed by atoms with Gasteiger partial charge in [-0.05, 0) is 38.5 Å². The fraction of sp³-hybridized carbons (Fsp3) is 0.792. The lowest BCUT2D eigenvalue weighted by atomic mass is 9.85. The first-order chi connectivity index (χ1) is 17.2. The molecule has 0 radical (unpaired) electrons. The molecule has 4 amide bonds. The third-order valence-corrected chi connectivity index (χ3v) is 6.55. The van der Waals surface area contributed by atoms with Crippen LogP contribution in [0.4, 0.5) is 22.0 Å². The lowest BCUT2D eigenvalue weighted by Gasteiger charge is -2.32. The highest BCUT2D eigenvalue weighted by atomic mass is 19.4. The number of halogens is 5. The van der Waals surface area contributed by atoms with E-state index in [1.165, 1.54) is 34.0 Å². The minimum Gasteiger partial charge on any atom is -0.351 e. The van der Waals surface area contributed by atoms with Crippen LogP contribution in [0.25, 0.3) is 0 Å². The Morgan fingerprint density at radius 3 is 2.05 bits per heavy atom. The predicted octanol–water partition coefficient (Wildman–Crippen LogP) is 2.10. The first kappa shape index (κ1) is 31.4. The molecule has 38 heavy (non-hydrogen) atoms. The summed E-state index contributed by atoms with van der Waals surface area (Å²) >= 11 is 0. The summed E-state index contributed by atoms with van der Waals surface area (Å²) in [4.78, 5) is 53.9. The second-order valence-corrected chi connectivity index (χ2v) is 11.8. The monoisotopic (exact) mass is 553 g/mol. The van der Waals surface area contributed by atoms with Crippen LogP contribution >= 0.6 is 0 Å². The van der Waals surface area contributed by atoms with Crippen LogP contribution in [0.1, 0.15) is 60.3 Å². The van der Waals surface area contributed by atoms with Gasteiger partial charge in [-0.3, -0.25) is 24.2 Å². The Labute approximate surface area is 218 Å². The molecule has 216 valence electrons. The van der Waals surface area contributed by atoms with Gasteiger partial charge in [0.05, 0.1) is 6.04 Å². The van der Waals surface area contributed by atoms with Crippen LogP contribution in [0.15, 0.2) is 4.99 Å². The molecule has 0 aromatic rings. The maximum Gasteiger partial charge on any atom is 0.471 e. The average molecular weight is 554 g/mol. The molecule has 1 saturated heterocycles. The van der Waals surface area contributed by atoms with E-state index in [1.807, 2.05) is 13.8 Å². The molecule has 14 heteroatoms. The standard InChI is InChI=1S/C24H36F5N5O4/c1-21(2,3)16(33-20(38)24(27,28)29)19(37)32-15(8-13-10-23(13,25)26)18(36)31-14(11-30-6)7-12-9-22(4,5)34-17(12)35/h11-16H,7-10H2,1-6H3,(H,31,36)(H,32,37)(H,33,38)(H,34,35). The maximum absolute atomic E-state index is 13.7. The topological polar surface area (TPSA) is 129 Å². The summed E-state index contributed by atoms with van der Waals surface area (Å²) in [7, 11) is 1.44. The van der Waals surface area contributed by atoms with E-state index in [-0.39, 0.29) is 12.3 Å². The molecule has 9 nitrogen and oxygen atoms in total. The minimum absolute atomic E-state index is 0.158. The van der Waals surface area contributed by atoms with Crippen LogP contribution in [0.3, 0.4) is 0 Å². The molecule has 2 rings (SSSR count). The van der Waals surface area contributed by atoms with Crippen LogP contribution in [0, 0.1) is 17.3 Å². The average Bonchev–Trinajstić information content (AvgIpc) is 3.23. The summed E-state index contributed by atoms with van der Waals surface area (Å²) in [5.74, 6) is -9.26. The van der Waals surface area contributed by atoms with E-state index >= 15 is 0 Å². The molecular weight excluding hydrogens is 517 g/mol. The Hall–Kier alpha value is -2.80. The van der Waals surface area contributed by atoms with Crippen molar-refractivity contribution in [1.82, 2.24) is 21.3 Å². The Bertz CT molecular complexity index is 961. The van der Waals surface area contributed by atoms with Gasteiger partial charge in [-0.1, -0.05) is 20.8 Å². The summed E-state index contributed by atoms with van der Waals surface area (Å²) in [6.07, 6.45) is -4.22. The van der Waals surface area contributed by atoms with Gasteiger partial charge in [0.1, 0.15) is 12.1 Å². The van der Waals surface area contributed by atoms with Crippen molar-refractivity contribution in [3.63, 3.8) is 0 Å². The van der Waals surface area contributed by atoms with Gasteiger partial charge in [0, 0.05) is 37.1 Å². The minimum atomic E-state index is -5.26. The molecule has 2 fully saturated rings. The Balaban J connectivity index is 2.21. The molecule has 0 aromatic carbocycles. The van der Waals surface area contributed by atoms with Gasteiger partial charge in [-0.25, -0.2) is 8.78 Å². The molecule has 0 aromatic heterocycles. The number of hydrogen-bond acceptors (Lipinski definition) is 5. The number of hydrogen-bond donors (Lipinski definition) is 4. The van der Waals surface area contributed by atoms with Crippen molar-refractivity contribution >= 4 is 29.8 Å². The molecule has 5 unspecified atom stereocenters. The highest BCUT2D eigenvalue weighted by Crippen LogP contribution is 2.51. The summed E-state index contributed by atoms with van der Waals surface area (Å²) in [6, 6.07) is -4.03. The number of carbonyl (C=O) groups excluding carboxylic acids is 4. The lowest BCUT2D eigenvalue weighted by molar-refractivity contribution is -0.175. The molecule has 4 N–H and O–H groups in total. The number of aliphatic imine (C=N–C) groups is 1. The quantitative estimate of drug-likeness (QED) is 0.244. The molecule has 1 heterocycles. The van der Waals surface area contributed by atoms with Gasteiger partial charge < -0.3 is 21.3 Å². The maximum atomic E-state index is 13.7. The van der Waals surface area contributed by atoms with Crippen molar-refractivity contribution in [1.29, 1.82) is 0 Å². The van der Waals surface area contributed by atoms with E-state index in [2.05, 4.69) is 20.9 Å². The van der Waals surface area contributed by atoms with E-state index in [1.54, 1.807) is 5.32 Å². The van der Waals surface area contributed by atoms with Crippen LogP contribution in [0.2, 0.25) is 0 Å². The first-order valence-corrected chi connectivity index (χ1v) is 12.3. The zero-order valence-corrected chi connectivity index (χ0v) is 22.3. The Kier molecular flexibility index (Phi) is 9.20. The zero-order valence-electron chi connectivity index (χ0n) is 22.3. The van der Waals surface area contributed by atoms with Crippen LogP contribution in [0.5, 0.6) is 0 Å². The SMILES string of the molecule is CN=CC(CC1CC(C)(C)NC1=O)NC(=O)C(CC1CC1(F)F)NC(=O)C(NC(=O)C(F)(F)F)C(C)(C)C. The van der Waals surface area contributed by atoms with E-state index in [4.69, 9.17) is 0 Å². The Morgan fingerprint density at radius 1 is 1.05 bits per heavy atom. The number of alkyl halides is 5. The van der Waals surface area contributed by atoms with Gasteiger partial charge in [0.25, 0.3) is 5.92 Å². The molecule has 1 aliphatic heterocycles. The van der Waals surface area contributed by atoms with Crippen molar-refractivity contribution in [2.75, 3.05) is 7.05 Å². The third-order valence-electron chi connectivity index (χ3n) is 6.55. The summed E-state index contributed by atoms with van der Waals surface area (Å²) < 4.78 is 65.9. The lowest BCUT2D eigenvalue weighted by Crippen LogP contribution is -2.60. The largest absolute Gasteiger partial charge is 0.471 e. The van der Waals surface area contributed by atoms with E-state index in [9.17, 15) is 41.1 Å². The van der Waals surface area contributed by atoms with Crippen LogP contribution in [-0.2, 0) is 19.2 Å². The highest BCUT2D eigenvalue weighted by molar-refractivity contribution is 5.94. The Morgan fingerprint density at radius 2 is 1.63 bits per heavy atom.